The fourth-order valence-corrected chi connectivity index (χ4v) is 4.31. The van der Waals surface area contributed by atoms with Crippen molar-refractivity contribution in [1.29, 1.82) is 0 Å². The zero-order chi connectivity index (χ0) is 20.6. The highest BCUT2D eigenvalue weighted by atomic mass is 16.5. The predicted octanol–water partition coefficient (Wildman–Crippen LogP) is 3.46. The van der Waals surface area contributed by atoms with Gasteiger partial charge in [0.15, 0.2) is 0 Å². The fraction of sp³-hybridized carbons (Fsp3) is 0.391. The lowest BCUT2D eigenvalue weighted by Crippen LogP contribution is -2.57. The molecule has 2 aliphatic heterocycles. The van der Waals surface area contributed by atoms with Gasteiger partial charge < -0.3 is 19.7 Å². The van der Waals surface area contributed by atoms with E-state index in [1.807, 2.05) is 53.4 Å². The molecule has 6 heteroatoms. The number of amides is 2. The first kappa shape index (κ1) is 19.5. The first-order valence-electron chi connectivity index (χ1n) is 9.83. The number of carbonyl (C=O) groups is 2. The number of morpholine rings is 1. The second-order valence-electron chi connectivity index (χ2n) is 8.45. The zero-order valence-corrected chi connectivity index (χ0v) is 17.0. The Labute approximate surface area is 170 Å². The van der Waals surface area contributed by atoms with Crippen LogP contribution in [0.15, 0.2) is 48.5 Å². The van der Waals surface area contributed by atoms with Crippen molar-refractivity contribution in [2.45, 2.75) is 44.9 Å². The lowest BCUT2D eigenvalue weighted by molar-refractivity contribution is -0.181. The van der Waals surface area contributed by atoms with E-state index in [-0.39, 0.29) is 24.0 Å². The van der Waals surface area contributed by atoms with Crippen LogP contribution in [0.2, 0.25) is 0 Å². The number of benzene rings is 2. The highest BCUT2D eigenvalue weighted by Crippen LogP contribution is 2.47. The van der Waals surface area contributed by atoms with Gasteiger partial charge in [0.1, 0.15) is 23.6 Å². The number of fused-ring (bicyclic) bond motifs is 2. The van der Waals surface area contributed by atoms with E-state index in [1.54, 1.807) is 0 Å². The minimum atomic E-state index is -0.581. The molecular weight excluding hydrogens is 368 g/mol. The van der Waals surface area contributed by atoms with Crippen molar-refractivity contribution in [3.8, 4) is 5.75 Å². The molecular formula is C23H26N2O4. The monoisotopic (exact) mass is 394 g/mol. The van der Waals surface area contributed by atoms with Crippen molar-refractivity contribution in [2.24, 2.45) is 0 Å². The fourth-order valence-electron chi connectivity index (χ4n) is 4.31. The van der Waals surface area contributed by atoms with E-state index in [0.29, 0.717) is 19.5 Å². The van der Waals surface area contributed by atoms with Crippen molar-refractivity contribution < 1.29 is 19.1 Å². The van der Waals surface area contributed by atoms with E-state index in [9.17, 15) is 9.59 Å². The van der Waals surface area contributed by atoms with E-state index < -0.39 is 5.60 Å². The Morgan fingerprint density at radius 1 is 1.14 bits per heavy atom. The third kappa shape index (κ3) is 3.98. The summed E-state index contributed by atoms with van der Waals surface area (Å²) < 4.78 is 12.3. The number of nitrogens with one attached hydrogen (secondary N) is 1. The van der Waals surface area contributed by atoms with Crippen LogP contribution in [-0.2, 0) is 26.5 Å². The summed E-state index contributed by atoms with van der Waals surface area (Å²) in [6.45, 7) is 6.60. The SMILES string of the molecule is CC(=O)Nc1ccc(CN2C[C@]3(CC(C)(C)Oc4ccccc43)OCC2=O)cc1. The quantitative estimate of drug-likeness (QED) is 0.866. The molecule has 1 saturated heterocycles. The maximum absolute atomic E-state index is 12.6. The third-order valence-electron chi connectivity index (χ3n) is 5.39. The molecule has 6 nitrogen and oxygen atoms in total. The molecule has 2 amide bonds. The van der Waals surface area contributed by atoms with Crippen LogP contribution in [0.25, 0.3) is 0 Å². The number of hydrogen-bond donors (Lipinski definition) is 1. The van der Waals surface area contributed by atoms with E-state index >= 15 is 0 Å². The van der Waals surface area contributed by atoms with Crippen LogP contribution in [0.5, 0.6) is 5.75 Å². The molecule has 2 heterocycles. The average Bonchev–Trinajstić information content (AvgIpc) is 2.65. The molecule has 1 fully saturated rings. The molecule has 29 heavy (non-hydrogen) atoms. The summed E-state index contributed by atoms with van der Waals surface area (Å²) in [6.07, 6.45) is 0.669. The van der Waals surface area contributed by atoms with Crippen LogP contribution in [-0.4, -0.2) is 35.5 Å². The van der Waals surface area contributed by atoms with Gasteiger partial charge in [-0.2, -0.15) is 0 Å². The van der Waals surface area contributed by atoms with Gasteiger partial charge in [0, 0.05) is 31.1 Å². The molecule has 2 aromatic rings. The van der Waals surface area contributed by atoms with Crippen LogP contribution in [0.1, 0.15) is 38.3 Å². The van der Waals surface area contributed by atoms with Crippen molar-refractivity contribution in [3.05, 3.63) is 59.7 Å². The molecule has 1 spiro atoms. The number of hydrogen-bond acceptors (Lipinski definition) is 4. The average molecular weight is 394 g/mol. The van der Waals surface area contributed by atoms with Gasteiger partial charge in [-0.25, -0.2) is 0 Å². The standard InChI is InChI=1S/C23H26N2O4/c1-16(26)24-18-10-8-17(9-11-18)12-25-15-23(28-13-21(25)27)14-22(2,3)29-20-7-5-4-6-19(20)23/h4-11H,12-15H2,1-3H3,(H,24,26)/t23-/m0/s1. The summed E-state index contributed by atoms with van der Waals surface area (Å²) in [6, 6.07) is 15.5. The summed E-state index contributed by atoms with van der Waals surface area (Å²) in [5, 5.41) is 2.76. The molecule has 2 aromatic carbocycles. The summed E-state index contributed by atoms with van der Waals surface area (Å²) >= 11 is 0. The Balaban J connectivity index is 1.58. The predicted molar refractivity (Wildman–Crippen MR) is 110 cm³/mol. The highest BCUT2D eigenvalue weighted by Gasteiger charge is 2.50. The second kappa shape index (κ2) is 7.19. The largest absolute Gasteiger partial charge is 0.487 e. The topological polar surface area (TPSA) is 67.9 Å². The maximum Gasteiger partial charge on any atom is 0.249 e. The highest BCUT2D eigenvalue weighted by molar-refractivity contribution is 5.88. The molecule has 1 atom stereocenters. The lowest BCUT2D eigenvalue weighted by atomic mass is 9.79. The van der Waals surface area contributed by atoms with E-state index in [1.165, 1.54) is 6.92 Å². The number of ether oxygens (including phenoxy) is 2. The van der Waals surface area contributed by atoms with E-state index in [0.717, 1.165) is 22.6 Å². The minimum Gasteiger partial charge on any atom is -0.487 e. The molecule has 0 unspecified atom stereocenters. The van der Waals surface area contributed by atoms with Gasteiger partial charge >= 0.3 is 0 Å². The van der Waals surface area contributed by atoms with Gasteiger partial charge in [-0.1, -0.05) is 30.3 Å². The van der Waals surface area contributed by atoms with Crippen LogP contribution >= 0.6 is 0 Å². The Bertz CT molecular complexity index is 938. The van der Waals surface area contributed by atoms with Gasteiger partial charge in [-0.15, -0.1) is 0 Å². The molecule has 0 aromatic heterocycles. The van der Waals surface area contributed by atoms with Crippen LogP contribution in [0.3, 0.4) is 0 Å². The van der Waals surface area contributed by atoms with Crippen LogP contribution in [0.4, 0.5) is 5.69 Å². The third-order valence-corrected chi connectivity index (χ3v) is 5.39. The van der Waals surface area contributed by atoms with Crippen molar-refractivity contribution in [2.75, 3.05) is 18.5 Å². The summed E-state index contributed by atoms with van der Waals surface area (Å²) in [4.78, 5) is 25.7. The first-order chi connectivity index (χ1) is 13.8. The van der Waals surface area contributed by atoms with Crippen molar-refractivity contribution in [3.63, 3.8) is 0 Å². The molecule has 1 N–H and O–H groups in total. The number of para-hydroxylation sites is 1. The van der Waals surface area contributed by atoms with Gasteiger partial charge in [-0.05, 0) is 37.6 Å². The van der Waals surface area contributed by atoms with Gasteiger partial charge in [0.05, 0.1) is 6.54 Å². The maximum atomic E-state index is 12.6. The van der Waals surface area contributed by atoms with Crippen molar-refractivity contribution >= 4 is 17.5 Å². The molecule has 4 rings (SSSR count). The van der Waals surface area contributed by atoms with Gasteiger partial charge in [0.2, 0.25) is 11.8 Å². The molecule has 152 valence electrons. The number of anilines is 1. The number of carbonyl (C=O) groups excluding carboxylic acids is 2. The molecule has 2 aliphatic rings. The Hall–Kier alpha value is -2.86. The van der Waals surface area contributed by atoms with Gasteiger partial charge in [-0.3, -0.25) is 9.59 Å². The number of nitrogens with zero attached hydrogens (tertiary/aromatic N) is 1. The second-order valence-corrected chi connectivity index (χ2v) is 8.45. The van der Waals surface area contributed by atoms with Crippen molar-refractivity contribution in [1.82, 2.24) is 4.90 Å². The smallest absolute Gasteiger partial charge is 0.249 e. The Morgan fingerprint density at radius 2 is 1.86 bits per heavy atom. The van der Waals surface area contributed by atoms with Crippen LogP contribution < -0.4 is 10.1 Å². The van der Waals surface area contributed by atoms with E-state index in [2.05, 4.69) is 19.2 Å². The number of rotatable bonds is 3. The normalized spacial score (nSPS) is 22.7. The molecule has 0 bridgehead atoms. The summed E-state index contributed by atoms with van der Waals surface area (Å²) in [5.74, 6) is 0.685. The minimum absolute atomic E-state index is 0.0247. The molecule has 0 radical (unpaired) electrons. The van der Waals surface area contributed by atoms with Crippen LogP contribution in [0, 0.1) is 0 Å². The van der Waals surface area contributed by atoms with E-state index in [4.69, 9.17) is 9.47 Å². The summed E-state index contributed by atoms with van der Waals surface area (Å²) in [7, 11) is 0. The Kier molecular flexibility index (Phi) is 4.82. The lowest BCUT2D eigenvalue weighted by Gasteiger charge is -2.49. The molecule has 0 aliphatic carbocycles. The zero-order valence-electron chi connectivity index (χ0n) is 17.0. The molecule has 0 saturated carbocycles. The first-order valence-corrected chi connectivity index (χ1v) is 9.83. The van der Waals surface area contributed by atoms with Gasteiger partial charge in [0.25, 0.3) is 0 Å². The summed E-state index contributed by atoms with van der Waals surface area (Å²) in [5.41, 5.74) is 1.77. The Morgan fingerprint density at radius 3 is 2.59 bits per heavy atom.